The van der Waals surface area contributed by atoms with Gasteiger partial charge < -0.3 is 25.6 Å². The van der Waals surface area contributed by atoms with Crippen LogP contribution in [0.25, 0.3) is 0 Å². The van der Waals surface area contributed by atoms with Crippen LogP contribution in [0.5, 0.6) is 0 Å². The van der Waals surface area contributed by atoms with Crippen LogP contribution in [0.15, 0.2) is 4.99 Å². The van der Waals surface area contributed by atoms with E-state index in [0.29, 0.717) is 32.0 Å². The number of hydrogen-bond acceptors (Lipinski definition) is 4. The number of likely N-dealkylation sites (tertiary alicyclic amines) is 1. The lowest BCUT2D eigenvalue weighted by molar-refractivity contribution is -0.129. The molecule has 0 aliphatic carbocycles. The van der Waals surface area contributed by atoms with E-state index in [0.717, 1.165) is 19.5 Å². The second kappa shape index (κ2) is 12.2. The van der Waals surface area contributed by atoms with E-state index in [4.69, 9.17) is 4.74 Å². The van der Waals surface area contributed by atoms with Gasteiger partial charge in [-0.1, -0.05) is 6.92 Å². The molecule has 0 bridgehead atoms. The second-order valence-electron chi connectivity index (χ2n) is 7.01. The van der Waals surface area contributed by atoms with Crippen LogP contribution in [-0.4, -0.2) is 67.2 Å². The largest absolute Gasteiger partial charge is 0.444 e. The van der Waals surface area contributed by atoms with Crippen LogP contribution in [0.3, 0.4) is 0 Å². The molecule has 1 heterocycles. The fraction of sp³-hybridized carbons (Fsp3) is 0.824. The Morgan fingerprint density at radius 3 is 2.50 bits per heavy atom. The summed E-state index contributed by atoms with van der Waals surface area (Å²) in [5, 5.41) is 9.22. The van der Waals surface area contributed by atoms with Gasteiger partial charge in [-0.2, -0.15) is 0 Å². The molecule has 26 heavy (non-hydrogen) atoms. The normalized spacial score (nSPS) is 17.3. The number of guanidine groups is 1. The Balaban J connectivity index is 0.00000625. The van der Waals surface area contributed by atoms with Gasteiger partial charge in [0.05, 0.1) is 6.54 Å². The minimum absolute atomic E-state index is 0. The highest BCUT2D eigenvalue weighted by Crippen LogP contribution is 2.10. The van der Waals surface area contributed by atoms with Crippen molar-refractivity contribution >= 4 is 41.9 Å². The molecule has 1 rings (SSSR count). The molecular weight excluding hydrogens is 449 g/mol. The lowest BCUT2D eigenvalue weighted by Gasteiger charge is -2.20. The molecule has 3 N–H and O–H groups in total. The molecular formula is C17H34IN5O3. The minimum Gasteiger partial charge on any atom is -0.444 e. The maximum atomic E-state index is 11.7. The minimum atomic E-state index is -0.506. The molecule has 0 aromatic heterocycles. The smallest absolute Gasteiger partial charge is 0.407 e. The SMILES string of the molecule is CCNC(=NCCNC(=O)OC(C)(C)C)NC1CCN(C(=O)CC)C1.I. The highest BCUT2D eigenvalue weighted by Gasteiger charge is 2.25. The third-order valence-corrected chi connectivity index (χ3v) is 3.58. The van der Waals surface area contributed by atoms with Crippen LogP contribution >= 0.6 is 24.0 Å². The Labute approximate surface area is 173 Å². The summed E-state index contributed by atoms with van der Waals surface area (Å²) in [5.41, 5.74) is -0.506. The first-order chi connectivity index (χ1) is 11.7. The third kappa shape index (κ3) is 10.0. The summed E-state index contributed by atoms with van der Waals surface area (Å²) in [5.74, 6) is 0.886. The number of aliphatic imine (C=N–C) groups is 1. The summed E-state index contributed by atoms with van der Waals surface area (Å²) in [6, 6.07) is 0.201. The predicted octanol–water partition coefficient (Wildman–Crippen LogP) is 1.70. The fourth-order valence-electron chi connectivity index (χ4n) is 2.48. The van der Waals surface area contributed by atoms with Gasteiger partial charge >= 0.3 is 6.09 Å². The van der Waals surface area contributed by atoms with Gasteiger partial charge in [0.2, 0.25) is 5.91 Å². The first-order valence-electron chi connectivity index (χ1n) is 9.04. The Kier molecular flexibility index (Phi) is 11.6. The number of alkyl carbamates (subject to hydrolysis) is 1. The van der Waals surface area contributed by atoms with Crippen molar-refractivity contribution in [1.82, 2.24) is 20.9 Å². The number of nitrogens with zero attached hydrogens (tertiary/aromatic N) is 2. The van der Waals surface area contributed by atoms with Crippen molar-refractivity contribution in [2.75, 3.05) is 32.7 Å². The van der Waals surface area contributed by atoms with Gasteiger partial charge in [0.1, 0.15) is 5.60 Å². The van der Waals surface area contributed by atoms with Crippen LogP contribution < -0.4 is 16.0 Å². The first kappa shape index (κ1) is 24.7. The molecule has 0 aromatic carbocycles. The number of halogens is 1. The van der Waals surface area contributed by atoms with Crippen molar-refractivity contribution in [3.05, 3.63) is 0 Å². The van der Waals surface area contributed by atoms with Gasteiger partial charge in [-0.3, -0.25) is 9.79 Å². The summed E-state index contributed by atoms with van der Waals surface area (Å²) in [4.78, 5) is 29.7. The number of carbonyl (C=O) groups excluding carboxylic acids is 2. The molecule has 1 aliphatic heterocycles. The maximum absolute atomic E-state index is 11.7. The molecule has 9 heteroatoms. The molecule has 1 unspecified atom stereocenters. The van der Waals surface area contributed by atoms with Crippen molar-refractivity contribution in [2.45, 2.75) is 59.1 Å². The van der Waals surface area contributed by atoms with Gasteiger partial charge in [-0.15, -0.1) is 24.0 Å². The molecule has 8 nitrogen and oxygen atoms in total. The molecule has 1 aliphatic rings. The molecule has 2 amide bonds. The zero-order valence-corrected chi connectivity index (χ0v) is 18.9. The van der Waals surface area contributed by atoms with Crippen LogP contribution in [-0.2, 0) is 9.53 Å². The van der Waals surface area contributed by atoms with E-state index in [9.17, 15) is 9.59 Å². The van der Waals surface area contributed by atoms with E-state index in [1.165, 1.54) is 0 Å². The molecule has 0 aromatic rings. The average molecular weight is 483 g/mol. The van der Waals surface area contributed by atoms with Crippen molar-refractivity contribution in [3.63, 3.8) is 0 Å². The van der Waals surface area contributed by atoms with Crippen molar-refractivity contribution < 1.29 is 14.3 Å². The third-order valence-electron chi connectivity index (χ3n) is 3.58. The van der Waals surface area contributed by atoms with Gasteiger partial charge in [0, 0.05) is 38.6 Å². The summed E-state index contributed by atoms with van der Waals surface area (Å²) < 4.78 is 5.18. The highest BCUT2D eigenvalue weighted by atomic mass is 127. The topological polar surface area (TPSA) is 95.1 Å². The number of rotatable bonds is 6. The Bertz CT molecular complexity index is 480. The lowest BCUT2D eigenvalue weighted by Crippen LogP contribution is -2.45. The second-order valence-corrected chi connectivity index (χ2v) is 7.01. The summed E-state index contributed by atoms with van der Waals surface area (Å²) >= 11 is 0. The highest BCUT2D eigenvalue weighted by molar-refractivity contribution is 14.0. The van der Waals surface area contributed by atoms with E-state index in [1.807, 2.05) is 39.5 Å². The number of hydrogen-bond donors (Lipinski definition) is 3. The molecule has 0 spiro atoms. The first-order valence-corrected chi connectivity index (χ1v) is 9.04. The maximum Gasteiger partial charge on any atom is 0.407 e. The number of nitrogens with one attached hydrogen (secondary N) is 3. The molecule has 0 saturated carbocycles. The number of ether oxygens (including phenoxy) is 1. The molecule has 1 fully saturated rings. The van der Waals surface area contributed by atoms with E-state index in [2.05, 4.69) is 20.9 Å². The van der Waals surface area contributed by atoms with Gasteiger partial charge in [0.15, 0.2) is 5.96 Å². The van der Waals surface area contributed by atoms with E-state index < -0.39 is 11.7 Å². The van der Waals surface area contributed by atoms with Gasteiger partial charge in [-0.25, -0.2) is 4.79 Å². The van der Waals surface area contributed by atoms with Crippen molar-refractivity contribution in [2.24, 2.45) is 4.99 Å². The van der Waals surface area contributed by atoms with E-state index >= 15 is 0 Å². The predicted molar refractivity (Wildman–Crippen MR) is 114 cm³/mol. The van der Waals surface area contributed by atoms with Crippen molar-refractivity contribution in [3.8, 4) is 0 Å². The molecule has 152 valence electrons. The molecule has 1 saturated heterocycles. The van der Waals surface area contributed by atoms with Crippen LogP contribution in [0.2, 0.25) is 0 Å². The zero-order chi connectivity index (χ0) is 18.9. The average Bonchev–Trinajstić information content (AvgIpc) is 2.97. The zero-order valence-electron chi connectivity index (χ0n) is 16.6. The number of amides is 2. The Morgan fingerprint density at radius 1 is 1.23 bits per heavy atom. The van der Waals surface area contributed by atoms with Gasteiger partial charge in [-0.05, 0) is 34.1 Å². The number of carbonyl (C=O) groups is 2. The quantitative estimate of drug-likeness (QED) is 0.231. The Morgan fingerprint density at radius 2 is 1.92 bits per heavy atom. The van der Waals surface area contributed by atoms with Gasteiger partial charge in [0.25, 0.3) is 0 Å². The molecule has 1 atom stereocenters. The summed E-state index contributed by atoms with van der Waals surface area (Å²) in [6.45, 7) is 12.4. The van der Waals surface area contributed by atoms with Crippen LogP contribution in [0.1, 0.15) is 47.5 Å². The van der Waals surface area contributed by atoms with Crippen LogP contribution in [0, 0.1) is 0 Å². The monoisotopic (exact) mass is 483 g/mol. The summed E-state index contributed by atoms with van der Waals surface area (Å²) in [6.07, 6.45) is 1.01. The van der Waals surface area contributed by atoms with E-state index in [1.54, 1.807) is 0 Å². The Hall–Kier alpha value is -1.26. The van der Waals surface area contributed by atoms with Crippen molar-refractivity contribution in [1.29, 1.82) is 0 Å². The lowest BCUT2D eigenvalue weighted by atomic mass is 10.2. The van der Waals surface area contributed by atoms with Crippen LogP contribution in [0.4, 0.5) is 4.79 Å². The standard InChI is InChI=1S/C17H33N5O3.HI/c1-6-14(23)22-11-8-13(12-22)21-15(18-7-2)19-9-10-20-16(24)25-17(3,4)5;/h13H,6-12H2,1-5H3,(H,20,24)(H2,18,19,21);1H. The fourth-order valence-corrected chi connectivity index (χ4v) is 2.48. The van der Waals surface area contributed by atoms with E-state index in [-0.39, 0.29) is 35.9 Å². The molecule has 0 radical (unpaired) electrons. The summed E-state index contributed by atoms with van der Waals surface area (Å²) in [7, 11) is 0.